The van der Waals surface area contributed by atoms with Gasteiger partial charge in [0.2, 0.25) is 5.91 Å². The molecule has 2 aliphatic heterocycles. The molecule has 0 aromatic heterocycles. The third kappa shape index (κ3) is 3.80. The maximum atomic E-state index is 13.4. The second-order valence-corrected chi connectivity index (χ2v) is 8.95. The fraction of sp³-hybridized carbons (Fsp3) is 0.476. The van der Waals surface area contributed by atoms with Gasteiger partial charge in [-0.3, -0.25) is 9.59 Å². The van der Waals surface area contributed by atoms with E-state index < -0.39 is 18.2 Å². The predicted molar refractivity (Wildman–Crippen MR) is 117 cm³/mol. The van der Waals surface area contributed by atoms with Crippen molar-refractivity contribution in [2.45, 2.75) is 24.8 Å². The molecule has 1 aromatic carbocycles. The first kappa shape index (κ1) is 20.7. The summed E-state index contributed by atoms with van der Waals surface area (Å²) >= 11 is 7.15. The summed E-state index contributed by atoms with van der Waals surface area (Å²) in [6.45, 7) is 0.395. The van der Waals surface area contributed by atoms with Crippen molar-refractivity contribution < 1.29 is 19.1 Å². The Morgan fingerprint density at radius 3 is 2.76 bits per heavy atom. The van der Waals surface area contributed by atoms with Crippen LogP contribution in [0.25, 0.3) is 6.08 Å². The molecule has 2 saturated heterocycles. The number of hydrogen-bond acceptors (Lipinski definition) is 7. The van der Waals surface area contributed by atoms with Gasteiger partial charge < -0.3 is 19.7 Å². The minimum atomic E-state index is -0.643. The molecular formula is C21H24N2O4S2. The largest absolute Gasteiger partial charge is 0.354 e. The third-order valence-electron chi connectivity index (χ3n) is 5.79. The van der Waals surface area contributed by atoms with E-state index in [-0.39, 0.29) is 17.7 Å². The van der Waals surface area contributed by atoms with Crippen LogP contribution in [-0.2, 0) is 25.5 Å². The molecule has 0 spiro atoms. The lowest BCUT2D eigenvalue weighted by Crippen LogP contribution is -2.53. The van der Waals surface area contributed by atoms with Gasteiger partial charge in [-0.15, -0.1) is 11.8 Å². The molecule has 3 atom stereocenters. The number of Topliss-reactive ketones (excluding diaryl/α,β-unsaturated/α-hetero) is 1. The van der Waals surface area contributed by atoms with Crippen LogP contribution in [0.4, 0.5) is 0 Å². The lowest BCUT2D eigenvalue weighted by atomic mass is 9.89. The molecular weight excluding hydrogens is 408 g/mol. The molecule has 1 N–H and O–H groups in total. The van der Waals surface area contributed by atoms with Crippen LogP contribution in [0.1, 0.15) is 11.1 Å². The predicted octanol–water partition coefficient (Wildman–Crippen LogP) is 1.67. The Kier molecular flexibility index (Phi) is 6.17. The number of carbonyl (C=O) groups is 2. The van der Waals surface area contributed by atoms with Gasteiger partial charge in [0.15, 0.2) is 12.1 Å². The number of thiocarbonyl (C=S) groups is 1. The van der Waals surface area contributed by atoms with Crippen LogP contribution in [0.15, 0.2) is 29.8 Å². The molecule has 6 nitrogen and oxygen atoms in total. The molecule has 1 aromatic rings. The molecule has 4 rings (SSSR count). The van der Waals surface area contributed by atoms with Crippen molar-refractivity contribution >= 4 is 46.6 Å². The summed E-state index contributed by atoms with van der Waals surface area (Å²) in [5.41, 5.74) is 2.92. The standard InChI is InChI=1S/C21H24N2O4S2/c1-26-21(27-2)15-10-29-11-23(15)20(25)18-17(16(28)9-22-18)19(24)14-7-12-5-3-4-6-13(12)8-14/h3-7,15,17-18,21-22H,8-11H2,1-2H3/t15-,17?,18-/m0/s1. The summed E-state index contributed by atoms with van der Waals surface area (Å²) in [6.07, 6.45) is 2.02. The van der Waals surface area contributed by atoms with Crippen LogP contribution >= 0.6 is 24.0 Å². The highest BCUT2D eigenvalue weighted by Crippen LogP contribution is 2.32. The van der Waals surface area contributed by atoms with Gasteiger partial charge in [0.05, 0.1) is 17.8 Å². The van der Waals surface area contributed by atoms with Gasteiger partial charge in [0.1, 0.15) is 6.04 Å². The van der Waals surface area contributed by atoms with Crippen molar-refractivity contribution in [2.75, 3.05) is 32.4 Å². The van der Waals surface area contributed by atoms with Crippen LogP contribution in [0.5, 0.6) is 0 Å². The van der Waals surface area contributed by atoms with Crippen molar-refractivity contribution in [3.05, 3.63) is 41.0 Å². The number of amides is 1. The van der Waals surface area contributed by atoms with Crippen molar-refractivity contribution in [1.29, 1.82) is 0 Å². The number of benzene rings is 1. The van der Waals surface area contributed by atoms with Gasteiger partial charge in [0.25, 0.3) is 0 Å². The van der Waals surface area contributed by atoms with Gasteiger partial charge in [-0.25, -0.2) is 0 Å². The fourth-order valence-corrected chi connectivity index (χ4v) is 5.81. The number of nitrogens with one attached hydrogen (secondary N) is 1. The highest BCUT2D eigenvalue weighted by molar-refractivity contribution is 7.99. The maximum Gasteiger partial charge on any atom is 0.241 e. The molecule has 0 radical (unpaired) electrons. The first-order valence-electron chi connectivity index (χ1n) is 9.57. The number of hydrogen-bond donors (Lipinski definition) is 1. The van der Waals surface area contributed by atoms with Crippen molar-refractivity contribution in [1.82, 2.24) is 10.2 Å². The molecule has 8 heteroatoms. The number of carbonyl (C=O) groups excluding carboxylic acids is 2. The summed E-state index contributed by atoms with van der Waals surface area (Å²) in [7, 11) is 3.14. The molecule has 29 heavy (non-hydrogen) atoms. The highest BCUT2D eigenvalue weighted by atomic mass is 32.2. The average Bonchev–Trinajstić information content (AvgIpc) is 3.46. The van der Waals surface area contributed by atoms with E-state index in [1.54, 1.807) is 30.9 Å². The number of thioether (sulfide) groups is 1. The number of fused-ring (bicyclic) bond motifs is 1. The van der Waals surface area contributed by atoms with Crippen LogP contribution in [0.2, 0.25) is 0 Å². The topological polar surface area (TPSA) is 67.9 Å². The van der Waals surface area contributed by atoms with Gasteiger partial charge in [-0.05, 0) is 17.2 Å². The summed E-state index contributed by atoms with van der Waals surface area (Å²) < 4.78 is 10.8. The summed E-state index contributed by atoms with van der Waals surface area (Å²) in [5.74, 6) is 0.496. The highest BCUT2D eigenvalue weighted by Gasteiger charge is 2.47. The van der Waals surface area contributed by atoms with E-state index in [1.165, 1.54) is 0 Å². The van der Waals surface area contributed by atoms with E-state index in [2.05, 4.69) is 5.32 Å². The Morgan fingerprint density at radius 1 is 1.28 bits per heavy atom. The van der Waals surface area contributed by atoms with Gasteiger partial charge in [0, 0.05) is 43.4 Å². The molecule has 1 unspecified atom stereocenters. The van der Waals surface area contributed by atoms with Crippen molar-refractivity contribution in [3.63, 3.8) is 0 Å². The van der Waals surface area contributed by atoms with E-state index in [0.29, 0.717) is 23.7 Å². The second-order valence-electron chi connectivity index (χ2n) is 7.43. The Bertz CT molecular complexity index is 868. The number of methoxy groups -OCH3 is 2. The zero-order valence-electron chi connectivity index (χ0n) is 16.4. The Morgan fingerprint density at radius 2 is 2.03 bits per heavy atom. The Hall–Kier alpha value is -1.58. The van der Waals surface area contributed by atoms with Crippen LogP contribution in [0.3, 0.4) is 0 Å². The van der Waals surface area contributed by atoms with Crippen LogP contribution < -0.4 is 5.32 Å². The Balaban J connectivity index is 1.54. The third-order valence-corrected chi connectivity index (χ3v) is 7.22. The first-order valence-corrected chi connectivity index (χ1v) is 11.1. The summed E-state index contributed by atoms with van der Waals surface area (Å²) in [6, 6.07) is 7.14. The van der Waals surface area contributed by atoms with Gasteiger partial charge in [-0.1, -0.05) is 36.5 Å². The van der Waals surface area contributed by atoms with Crippen LogP contribution in [-0.4, -0.2) is 72.2 Å². The normalized spacial score (nSPS) is 26.2. The second kappa shape index (κ2) is 8.65. The first-order chi connectivity index (χ1) is 14.0. The fourth-order valence-electron chi connectivity index (χ4n) is 4.29. The monoisotopic (exact) mass is 432 g/mol. The van der Waals surface area contributed by atoms with E-state index in [1.807, 2.05) is 30.3 Å². The molecule has 0 bridgehead atoms. The summed E-state index contributed by atoms with van der Waals surface area (Å²) in [5, 5.41) is 3.18. The quantitative estimate of drug-likeness (QED) is 0.542. The van der Waals surface area contributed by atoms with E-state index in [4.69, 9.17) is 21.7 Å². The zero-order chi connectivity index (χ0) is 20.5. The lowest BCUT2D eigenvalue weighted by Gasteiger charge is -2.32. The Labute approximate surface area is 180 Å². The van der Waals surface area contributed by atoms with E-state index in [0.717, 1.165) is 22.5 Å². The maximum absolute atomic E-state index is 13.4. The lowest BCUT2D eigenvalue weighted by molar-refractivity contribution is -0.157. The SMILES string of the molecule is COC(OC)[C@@H]1CSCN1C(=O)[C@H]1NCC(=S)C1C(=O)C1=Cc2ccccc2C1. The number of nitrogens with zero attached hydrogens (tertiary/aromatic N) is 1. The van der Waals surface area contributed by atoms with Crippen molar-refractivity contribution in [2.24, 2.45) is 5.92 Å². The summed E-state index contributed by atoms with van der Waals surface area (Å²) in [4.78, 5) is 29.1. The molecule has 2 heterocycles. The number of allylic oxidation sites excluding steroid dienone is 1. The smallest absolute Gasteiger partial charge is 0.241 e. The minimum Gasteiger partial charge on any atom is -0.354 e. The van der Waals surface area contributed by atoms with Crippen molar-refractivity contribution in [3.8, 4) is 0 Å². The number of ether oxygens (including phenoxy) is 2. The van der Waals surface area contributed by atoms with Gasteiger partial charge in [-0.2, -0.15) is 0 Å². The number of ketones is 1. The zero-order valence-corrected chi connectivity index (χ0v) is 18.1. The molecule has 1 aliphatic carbocycles. The number of rotatable bonds is 6. The minimum absolute atomic E-state index is 0.0482. The molecule has 3 aliphatic rings. The van der Waals surface area contributed by atoms with Crippen LogP contribution in [0, 0.1) is 5.92 Å². The van der Waals surface area contributed by atoms with E-state index in [9.17, 15) is 9.59 Å². The molecule has 154 valence electrons. The van der Waals surface area contributed by atoms with E-state index >= 15 is 0 Å². The molecule has 0 saturated carbocycles. The van der Waals surface area contributed by atoms with Gasteiger partial charge >= 0.3 is 0 Å². The average molecular weight is 433 g/mol. The molecule has 2 fully saturated rings. The molecule has 1 amide bonds.